The lowest BCUT2D eigenvalue weighted by Gasteiger charge is -2.15. The number of furan rings is 1. The summed E-state index contributed by atoms with van der Waals surface area (Å²) in [5, 5.41) is 10.2. The lowest BCUT2D eigenvalue weighted by molar-refractivity contribution is 0.227. The van der Waals surface area contributed by atoms with E-state index in [0.717, 1.165) is 0 Å². The summed E-state index contributed by atoms with van der Waals surface area (Å²) in [5.41, 5.74) is 0.616. The van der Waals surface area contributed by atoms with Gasteiger partial charge in [0.1, 0.15) is 22.9 Å². The minimum absolute atomic E-state index is 0.130. The van der Waals surface area contributed by atoms with Crippen molar-refractivity contribution in [1.82, 2.24) is 0 Å². The standard InChI is InChI=1S/C17H16Cl2NO4P/c1-3-22-25(21,23-4-2)14(11-20)10-13-6-8-17(24-13)15-9-12(18)5-7-16(15)19/h5-10H,3-4H2,1-2H3/b14-10+. The molecule has 0 unspecified atom stereocenters. The third-order valence-electron chi connectivity index (χ3n) is 3.11. The number of hydrogen-bond donors (Lipinski definition) is 0. The minimum Gasteiger partial charge on any atom is -0.457 e. The van der Waals surface area contributed by atoms with Gasteiger partial charge in [0.25, 0.3) is 0 Å². The smallest absolute Gasteiger partial charge is 0.371 e. The third kappa shape index (κ3) is 4.76. The van der Waals surface area contributed by atoms with Gasteiger partial charge in [-0.05, 0) is 44.2 Å². The van der Waals surface area contributed by atoms with Crippen molar-refractivity contribution in [2.75, 3.05) is 13.2 Å². The molecular formula is C17H16Cl2NO4P. The molecule has 2 aromatic rings. The normalized spacial score (nSPS) is 12.2. The predicted molar refractivity (Wildman–Crippen MR) is 98.6 cm³/mol. The van der Waals surface area contributed by atoms with Crippen LogP contribution in [0.3, 0.4) is 0 Å². The molecule has 0 saturated heterocycles. The van der Waals surface area contributed by atoms with Gasteiger partial charge in [-0.2, -0.15) is 5.26 Å². The fourth-order valence-corrected chi connectivity index (χ4v) is 3.91. The molecule has 0 bridgehead atoms. The van der Waals surface area contributed by atoms with E-state index < -0.39 is 7.60 Å². The highest BCUT2D eigenvalue weighted by Gasteiger charge is 2.30. The molecule has 132 valence electrons. The molecule has 2 rings (SSSR count). The molecule has 5 nitrogen and oxygen atoms in total. The average Bonchev–Trinajstić information content (AvgIpc) is 3.03. The van der Waals surface area contributed by atoms with Crippen LogP contribution >= 0.6 is 30.8 Å². The van der Waals surface area contributed by atoms with E-state index in [9.17, 15) is 9.83 Å². The number of benzene rings is 1. The number of halogens is 2. The SMILES string of the molecule is CCOP(=O)(OCC)/C(C#N)=C/c1ccc(-c2cc(Cl)ccc2Cl)o1. The van der Waals surface area contributed by atoms with Crippen LogP contribution in [0.1, 0.15) is 19.6 Å². The van der Waals surface area contributed by atoms with Gasteiger partial charge in [0.2, 0.25) is 0 Å². The fraction of sp³-hybridized carbons (Fsp3) is 0.235. The summed E-state index contributed by atoms with van der Waals surface area (Å²) in [6.45, 7) is 3.65. The molecule has 8 heteroatoms. The van der Waals surface area contributed by atoms with E-state index in [1.54, 1.807) is 44.2 Å². The van der Waals surface area contributed by atoms with Gasteiger partial charge in [-0.25, -0.2) is 0 Å². The number of nitrogens with zero attached hydrogens (tertiary/aromatic N) is 1. The Morgan fingerprint density at radius 2 is 1.92 bits per heavy atom. The van der Waals surface area contributed by atoms with Crippen molar-refractivity contribution in [2.24, 2.45) is 0 Å². The van der Waals surface area contributed by atoms with Crippen LogP contribution in [0.5, 0.6) is 0 Å². The minimum atomic E-state index is -3.68. The Kier molecular flexibility index (Phi) is 6.89. The van der Waals surface area contributed by atoms with Crippen molar-refractivity contribution in [1.29, 1.82) is 5.26 Å². The zero-order valence-corrected chi connectivity index (χ0v) is 16.1. The van der Waals surface area contributed by atoms with Crippen molar-refractivity contribution in [3.05, 3.63) is 51.5 Å². The zero-order valence-electron chi connectivity index (χ0n) is 13.7. The van der Waals surface area contributed by atoms with Crippen molar-refractivity contribution in [3.63, 3.8) is 0 Å². The molecule has 0 saturated carbocycles. The van der Waals surface area contributed by atoms with E-state index in [2.05, 4.69) is 0 Å². The Bertz CT molecular complexity index is 860. The Morgan fingerprint density at radius 3 is 2.52 bits per heavy atom. The first-order valence-electron chi connectivity index (χ1n) is 7.50. The third-order valence-corrected chi connectivity index (χ3v) is 5.69. The second-order valence-electron chi connectivity index (χ2n) is 4.80. The molecule has 0 N–H and O–H groups in total. The summed E-state index contributed by atoms with van der Waals surface area (Å²) in [6, 6.07) is 10.2. The number of nitriles is 1. The van der Waals surface area contributed by atoms with E-state index in [1.807, 2.05) is 6.07 Å². The molecule has 0 aliphatic carbocycles. The molecule has 25 heavy (non-hydrogen) atoms. The van der Waals surface area contributed by atoms with Crippen LogP contribution in [0.25, 0.3) is 17.4 Å². The Balaban J connectivity index is 2.41. The summed E-state index contributed by atoms with van der Waals surface area (Å²) < 4.78 is 28.8. The summed E-state index contributed by atoms with van der Waals surface area (Å²) in [4.78, 5) is 0. The maximum atomic E-state index is 12.7. The summed E-state index contributed by atoms with van der Waals surface area (Å²) in [7, 11) is -3.68. The van der Waals surface area contributed by atoms with Crippen LogP contribution in [0.2, 0.25) is 10.0 Å². The zero-order chi connectivity index (χ0) is 18.4. The molecule has 0 atom stereocenters. The predicted octanol–water partition coefficient (Wildman–Crippen LogP) is 6.38. The van der Waals surface area contributed by atoms with Gasteiger partial charge in [-0.1, -0.05) is 23.2 Å². The van der Waals surface area contributed by atoms with Crippen molar-refractivity contribution in [3.8, 4) is 17.4 Å². The van der Waals surface area contributed by atoms with Crippen LogP contribution in [0, 0.1) is 11.3 Å². The van der Waals surface area contributed by atoms with Crippen LogP contribution in [-0.2, 0) is 13.6 Å². The molecular weight excluding hydrogens is 384 g/mol. The van der Waals surface area contributed by atoms with Crippen molar-refractivity contribution in [2.45, 2.75) is 13.8 Å². The van der Waals surface area contributed by atoms with Gasteiger partial charge >= 0.3 is 7.60 Å². The lowest BCUT2D eigenvalue weighted by Crippen LogP contribution is -1.97. The van der Waals surface area contributed by atoms with Crippen molar-refractivity contribution < 1.29 is 18.0 Å². The summed E-state index contributed by atoms with van der Waals surface area (Å²) >= 11 is 12.1. The monoisotopic (exact) mass is 399 g/mol. The fourth-order valence-electron chi connectivity index (χ4n) is 2.09. The van der Waals surface area contributed by atoms with Gasteiger partial charge in [0.05, 0.1) is 18.2 Å². The number of rotatable bonds is 7. The van der Waals surface area contributed by atoms with E-state index in [-0.39, 0.29) is 18.5 Å². The molecule has 0 aliphatic rings. The average molecular weight is 400 g/mol. The van der Waals surface area contributed by atoms with Crippen LogP contribution in [-0.4, -0.2) is 13.2 Å². The molecule has 1 aromatic carbocycles. The Hall–Kier alpha value is -1.54. The maximum Gasteiger partial charge on any atom is 0.371 e. The van der Waals surface area contributed by atoms with Crippen LogP contribution < -0.4 is 0 Å². The highest BCUT2D eigenvalue weighted by Crippen LogP contribution is 2.56. The molecule has 0 aliphatic heterocycles. The largest absolute Gasteiger partial charge is 0.457 e. The highest BCUT2D eigenvalue weighted by molar-refractivity contribution is 7.59. The van der Waals surface area contributed by atoms with Gasteiger partial charge in [-0.15, -0.1) is 0 Å². The quantitative estimate of drug-likeness (QED) is 0.398. The summed E-state index contributed by atoms with van der Waals surface area (Å²) in [6.07, 6.45) is 1.34. The van der Waals surface area contributed by atoms with E-state index in [1.165, 1.54) is 6.08 Å². The molecule has 1 heterocycles. The first kappa shape index (κ1) is 19.8. The molecule has 0 radical (unpaired) electrons. The Labute approximate surface area is 156 Å². The van der Waals surface area contributed by atoms with E-state index in [4.69, 9.17) is 36.7 Å². The van der Waals surface area contributed by atoms with Crippen LogP contribution in [0.15, 0.2) is 40.1 Å². The van der Waals surface area contributed by atoms with Gasteiger partial charge in [-0.3, -0.25) is 4.57 Å². The van der Waals surface area contributed by atoms with Gasteiger partial charge < -0.3 is 13.5 Å². The highest BCUT2D eigenvalue weighted by atomic mass is 35.5. The Morgan fingerprint density at radius 1 is 1.24 bits per heavy atom. The molecule has 1 aromatic heterocycles. The molecule has 0 fully saturated rings. The number of hydrogen-bond acceptors (Lipinski definition) is 5. The molecule has 0 spiro atoms. The topological polar surface area (TPSA) is 72.5 Å². The summed E-state index contributed by atoms with van der Waals surface area (Å²) in [5.74, 6) is 0.793. The molecule has 0 amide bonds. The van der Waals surface area contributed by atoms with E-state index >= 15 is 0 Å². The number of allylic oxidation sites excluding steroid dienone is 1. The van der Waals surface area contributed by atoms with Gasteiger partial charge in [0.15, 0.2) is 0 Å². The van der Waals surface area contributed by atoms with Crippen molar-refractivity contribution >= 4 is 36.9 Å². The first-order chi connectivity index (χ1) is 11.9. The maximum absolute atomic E-state index is 12.7. The second kappa shape index (κ2) is 8.71. The van der Waals surface area contributed by atoms with Crippen LogP contribution in [0.4, 0.5) is 0 Å². The first-order valence-corrected chi connectivity index (χ1v) is 9.80. The lowest BCUT2D eigenvalue weighted by atomic mass is 10.2. The van der Waals surface area contributed by atoms with Gasteiger partial charge in [0, 0.05) is 16.7 Å². The van der Waals surface area contributed by atoms with E-state index in [0.29, 0.717) is 27.1 Å². The second-order valence-corrected chi connectivity index (χ2v) is 7.64.